The Morgan fingerprint density at radius 3 is 2.71 bits per heavy atom. The first-order valence-electron chi connectivity index (χ1n) is 8.02. The second-order valence-electron chi connectivity index (χ2n) is 6.44. The highest BCUT2D eigenvalue weighted by Gasteiger charge is 2.33. The average molecular weight is 289 g/mol. The van der Waals surface area contributed by atoms with Crippen molar-refractivity contribution >= 4 is 5.84 Å². The summed E-state index contributed by atoms with van der Waals surface area (Å²) in [5.74, 6) is 0.465. The van der Waals surface area contributed by atoms with Crippen molar-refractivity contribution in [3.63, 3.8) is 0 Å². The summed E-state index contributed by atoms with van der Waals surface area (Å²) in [5.41, 5.74) is 7.14. The van der Waals surface area contributed by atoms with E-state index in [9.17, 15) is 4.39 Å². The Bertz CT molecular complexity index is 523. The molecule has 21 heavy (non-hydrogen) atoms. The quantitative estimate of drug-likeness (QED) is 0.660. The average Bonchev–Trinajstić information content (AvgIpc) is 3.11. The van der Waals surface area contributed by atoms with Crippen molar-refractivity contribution in [3.8, 4) is 0 Å². The van der Waals surface area contributed by atoms with Gasteiger partial charge in [0.25, 0.3) is 0 Å². The predicted octanol–water partition coefficient (Wildman–Crippen LogP) is 3.26. The third kappa shape index (κ3) is 3.10. The van der Waals surface area contributed by atoms with E-state index in [0.717, 1.165) is 24.6 Å². The van der Waals surface area contributed by atoms with Crippen LogP contribution >= 0.6 is 0 Å². The molecule has 1 heterocycles. The summed E-state index contributed by atoms with van der Waals surface area (Å²) in [6, 6.07) is 5.31. The molecule has 114 valence electrons. The minimum atomic E-state index is -0.322. The highest BCUT2D eigenvalue weighted by molar-refractivity contribution is 5.96. The molecular formula is C17H24FN3. The number of nitrogen functional groups attached to an aromatic ring is 1. The number of likely N-dealkylation sites (tertiary alicyclic amines) is 1. The van der Waals surface area contributed by atoms with Gasteiger partial charge in [-0.15, -0.1) is 0 Å². The van der Waals surface area contributed by atoms with Crippen LogP contribution in [-0.4, -0.2) is 23.3 Å². The highest BCUT2D eigenvalue weighted by Crippen LogP contribution is 2.36. The van der Waals surface area contributed by atoms with Crippen LogP contribution in [0.3, 0.4) is 0 Å². The van der Waals surface area contributed by atoms with Gasteiger partial charge in [0.1, 0.15) is 11.7 Å². The third-order valence-electron chi connectivity index (χ3n) is 5.09. The summed E-state index contributed by atoms with van der Waals surface area (Å²) in [6.45, 7) is 1.90. The van der Waals surface area contributed by atoms with Crippen molar-refractivity contribution in [3.05, 3.63) is 35.1 Å². The maximum atomic E-state index is 13.4. The molecule has 1 aromatic carbocycles. The molecule has 1 atom stereocenters. The zero-order chi connectivity index (χ0) is 14.8. The minimum Gasteiger partial charge on any atom is -0.384 e. The fourth-order valence-corrected chi connectivity index (χ4v) is 4.08. The number of nitrogens with one attached hydrogen (secondary N) is 1. The van der Waals surface area contributed by atoms with Crippen LogP contribution in [0.15, 0.2) is 18.2 Å². The molecule has 1 aromatic rings. The Balaban J connectivity index is 1.77. The lowest BCUT2D eigenvalue weighted by Gasteiger charge is -2.30. The molecule has 0 amide bonds. The van der Waals surface area contributed by atoms with E-state index >= 15 is 0 Å². The summed E-state index contributed by atoms with van der Waals surface area (Å²) >= 11 is 0. The largest absolute Gasteiger partial charge is 0.384 e. The van der Waals surface area contributed by atoms with Gasteiger partial charge in [0.15, 0.2) is 0 Å². The molecule has 2 aliphatic rings. The summed E-state index contributed by atoms with van der Waals surface area (Å²) < 4.78 is 13.4. The van der Waals surface area contributed by atoms with Crippen molar-refractivity contribution in [1.82, 2.24) is 4.90 Å². The Morgan fingerprint density at radius 1 is 1.24 bits per heavy atom. The standard InChI is InChI=1S/C17H24FN3/c18-14-8-7-13(15(10-14)17(19)20)11-21-9-3-6-16(21)12-4-1-2-5-12/h7-8,10,12,16H,1-6,9,11H2,(H3,19,20). The van der Waals surface area contributed by atoms with Crippen molar-refractivity contribution in [2.75, 3.05) is 6.54 Å². The smallest absolute Gasteiger partial charge is 0.123 e. The van der Waals surface area contributed by atoms with Gasteiger partial charge < -0.3 is 5.73 Å². The van der Waals surface area contributed by atoms with E-state index in [1.54, 1.807) is 6.07 Å². The number of halogens is 1. The fourth-order valence-electron chi connectivity index (χ4n) is 4.08. The van der Waals surface area contributed by atoms with Gasteiger partial charge in [-0.25, -0.2) is 4.39 Å². The lowest BCUT2D eigenvalue weighted by atomic mass is 9.95. The van der Waals surface area contributed by atoms with Crippen LogP contribution in [0.2, 0.25) is 0 Å². The summed E-state index contributed by atoms with van der Waals surface area (Å²) in [4.78, 5) is 2.52. The second kappa shape index (κ2) is 6.14. The predicted molar refractivity (Wildman–Crippen MR) is 82.8 cm³/mol. The monoisotopic (exact) mass is 289 g/mol. The van der Waals surface area contributed by atoms with Crippen LogP contribution in [-0.2, 0) is 6.54 Å². The zero-order valence-corrected chi connectivity index (χ0v) is 12.4. The zero-order valence-electron chi connectivity index (χ0n) is 12.4. The lowest BCUT2D eigenvalue weighted by Crippen LogP contribution is -2.34. The molecule has 0 radical (unpaired) electrons. The van der Waals surface area contributed by atoms with E-state index in [-0.39, 0.29) is 11.7 Å². The van der Waals surface area contributed by atoms with Crippen molar-refractivity contribution in [2.45, 2.75) is 51.1 Å². The molecule has 3 N–H and O–H groups in total. The molecule has 1 saturated carbocycles. The van der Waals surface area contributed by atoms with E-state index in [0.29, 0.717) is 11.6 Å². The van der Waals surface area contributed by atoms with Crippen LogP contribution in [0.25, 0.3) is 0 Å². The van der Waals surface area contributed by atoms with Gasteiger partial charge in [-0.1, -0.05) is 18.9 Å². The molecule has 0 aromatic heterocycles. The van der Waals surface area contributed by atoms with Crippen LogP contribution in [0.1, 0.15) is 49.7 Å². The Kier molecular flexibility index (Phi) is 4.24. The van der Waals surface area contributed by atoms with Gasteiger partial charge in [0, 0.05) is 18.2 Å². The summed E-state index contributed by atoms with van der Waals surface area (Å²) in [7, 11) is 0. The molecule has 2 fully saturated rings. The number of rotatable bonds is 4. The van der Waals surface area contributed by atoms with Gasteiger partial charge in [-0.2, -0.15) is 0 Å². The first-order valence-corrected chi connectivity index (χ1v) is 8.02. The van der Waals surface area contributed by atoms with Crippen LogP contribution < -0.4 is 5.73 Å². The summed E-state index contributed by atoms with van der Waals surface area (Å²) in [5, 5.41) is 7.66. The number of nitrogens with two attached hydrogens (primary N) is 1. The van der Waals surface area contributed by atoms with Gasteiger partial charge in [-0.05, 0) is 55.8 Å². The maximum Gasteiger partial charge on any atom is 0.123 e. The molecule has 1 saturated heterocycles. The Morgan fingerprint density at radius 2 is 2.00 bits per heavy atom. The van der Waals surface area contributed by atoms with Crippen LogP contribution in [0.4, 0.5) is 4.39 Å². The van der Waals surface area contributed by atoms with Gasteiger partial charge in [-0.3, -0.25) is 10.3 Å². The highest BCUT2D eigenvalue weighted by atomic mass is 19.1. The summed E-state index contributed by atoms with van der Waals surface area (Å²) in [6.07, 6.45) is 7.96. The van der Waals surface area contributed by atoms with Gasteiger partial charge in [0.05, 0.1) is 0 Å². The molecule has 0 bridgehead atoms. The van der Waals surface area contributed by atoms with E-state index in [1.165, 1.54) is 50.7 Å². The van der Waals surface area contributed by atoms with Gasteiger partial charge >= 0.3 is 0 Å². The van der Waals surface area contributed by atoms with E-state index in [2.05, 4.69) is 4.90 Å². The lowest BCUT2D eigenvalue weighted by molar-refractivity contribution is 0.183. The SMILES string of the molecule is N=C(N)c1cc(F)ccc1CN1CCCC1C1CCCC1. The normalized spacial score (nSPS) is 23.8. The van der Waals surface area contributed by atoms with Crippen LogP contribution in [0, 0.1) is 17.1 Å². The second-order valence-corrected chi connectivity index (χ2v) is 6.44. The van der Waals surface area contributed by atoms with Crippen molar-refractivity contribution < 1.29 is 4.39 Å². The molecule has 3 rings (SSSR count). The molecule has 1 unspecified atom stereocenters. The first kappa shape index (κ1) is 14.5. The number of nitrogens with zero attached hydrogens (tertiary/aromatic N) is 1. The van der Waals surface area contributed by atoms with Crippen molar-refractivity contribution in [1.29, 1.82) is 5.41 Å². The third-order valence-corrected chi connectivity index (χ3v) is 5.09. The minimum absolute atomic E-state index is 0.0406. The fraction of sp³-hybridized carbons (Fsp3) is 0.588. The Hall–Kier alpha value is -1.42. The molecule has 3 nitrogen and oxygen atoms in total. The molecule has 1 aliphatic carbocycles. The maximum absolute atomic E-state index is 13.4. The molecular weight excluding hydrogens is 265 g/mol. The number of hydrogen-bond donors (Lipinski definition) is 2. The van der Waals surface area contributed by atoms with E-state index < -0.39 is 0 Å². The first-order chi connectivity index (χ1) is 10.1. The van der Waals surface area contributed by atoms with E-state index in [4.69, 9.17) is 11.1 Å². The molecule has 1 aliphatic heterocycles. The van der Waals surface area contributed by atoms with Crippen LogP contribution in [0.5, 0.6) is 0 Å². The molecule has 0 spiro atoms. The topological polar surface area (TPSA) is 53.1 Å². The molecule has 4 heteroatoms. The number of amidine groups is 1. The number of benzene rings is 1. The van der Waals surface area contributed by atoms with E-state index in [1.807, 2.05) is 0 Å². The number of hydrogen-bond acceptors (Lipinski definition) is 2. The van der Waals surface area contributed by atoms with Crippen molar-refractivity contribution in [2.24, 2.45) is 11.7 Å². The Labute approximate surface area is 125 Å². The van der Waals surface area contributed by atoms with Gasteiger partial charge in [0.2, 0.25) is 0 Å².